The Balaban J connectivity index is 2.00. The number of aromatic amines is 1. The summed E-state index contributed by atoms with van der Waals surface area (Å²) in [5.74, 6) is 0.725. The molecule has 1 unspecified atom stereocenters. The summed E-state index contributed by atoms with van der Waals surface area (Å²) in [6.07, 6.45) is 2.09. The minimum atomic E-state index is -0.760. The fraction of sp³-hybridized carbons (Fsp3) is 0.238. The number of benzene rings is 2. The number of nitrogens with one attached hydrogen (secondary N) is 1. The van der Waals surface area contributed by atoms with Gasteiger partial charge in [0.25, 0.3) is 0 Å². The predicted octanol–water partition coefficient (Wildman–Crippen LogP) is 5.76. The molecular formula is C21H19IN4OS. The highest BCUT2D eigenvalue weighted by molar-refractivity contribution is 14.2. The van der Waals surface area contributed by atoms with Crippen molar-refractivity contribution in [2.75, 3.05) is 7.11 Å². The molecule has 0 radical (unpaired) electrons. The first-order valence-corrected chi connectivity index (χ1v) is 12.1. The highest BCUT2D eigenvalue weighted by Gasteiger charge is 2.36. The molecule has 4 aromatic rings. The maximum absolute atomic E-state index is 9.18. The molecule has 28 heavy (non-hydrogen) atoms. The molecule has 2 aromatic heterocycles. The van der Waals surface area contributed by atoms with Crippen LogP contribution in [0.15, 0.2) is 36.5 Å². The number of aryl methyl sites for hydroxylation is 2. The van der Waals surface area contributed by atoms with E-state index in [1.807, 2.05) is 19.1 Å². The van der Waals surface area contributed by atoms with E-state index < -0.39 is 5.60 Å². The predicted molar refractivity (Wildman–Crippen MR) is 123 cm³/mol. The lowest BCUT2D eigenvalue weighted by atomic mass is 9.87. The van der Waals surface area contributed by atoms with Gasteiger partial charge >= 0.3 is 0 Å². The van der Waals surface area contributed by atoms with Crippen molar-refractivity contribution in [3.8, 4) is 6.07 Å². The van der Waals surface area contributed by atoms with Crippen LogP contribution in [-0.4, -0.2) is 21.1 Å². The van der Waals surface area contributed by atoms with E-state index in [4.69, 9.17) is 9.72 Å². The van der Waals surface area contributed by atoms with Crippen LogP contribution in [0, 0.1) is 25.2 Å². The number of ether oxygens (including phenoxy) is 1. The van der Waals surface area contributed by atoms with Crippen LogP contribution in [0.2, 0.25) is 0 Å². The lowest BCUT2D eigenvalue weighted by Crippen LogP contribution is -2.29. The van der Waals surface area contributed by atoms with Gasteiger partial charge in [-0.25, -0.2) is 4.98 Å². The van der Waals surface area contributed by atoms with Gasteiger partial charge in [0.1, 0.15) is 11.4 Å². The van der Waals surface area contributed by atoms with Gasteiger partial charge in [-0.3, -0.25) is 3.97 Å². The Kier molecular flexibility index (Phi) is 4.89. The zero-order valence-corrected chi connectivity index (χ0v) is 19.0. The molecule has 0 amide bonds. The molecule has 1 atom stereocenters. The second kappa shape index (κ2) is 7.10. The molecule has 5 nitrogen and oxygen atoms in total. The van der Waals surface area contributed by atoms with Crippen LogP contribution in [0.3, 0.4) is 0 Å². The summed E-state index contributed by atoms with van der Waals surface area (Å²) in [4.78, 5) is 8.19. The average molecular weight is 502 g/mol. The first-order valence-electron chi connectivity index (χ1n) is 8.79. The van der Waals surface area contributed by atoms with E-state index in [1.54, 1.807) is 22.3 Å². The molecule has 0 saturated carbocycles. The van der Waals surface area contributed by atoms with E-state index >= 15 is 0 Å². The quantitative estimate of drug-likeness (QED) is 0.361. The van der Waals surface area contributed by atoms with Crippen molar-refractivity contribution in [2.45, 2.75) is 26.4 Å². The summed E-state index contributed by atoms with van der Waals surface area (Å²) in [5, 5.41) is 10.3. The number of fused-ring (bicyclic) bond motifs is 2. The van der Waals surface area contributed by atoms with E-state index in [9.17, 15) is 5.26 Å². The number of imidazole rings is 1. The fourth-order valence-corrected chi connectivity index (χ4v) is 5.40. The number of hydrogen-bond donors (Lipinski definition) is 1. The van der Waals surface area contributed by atoms with Gasteiger partial charge in [-0.05, 0) is 56.2 Å². The van der Waals surface area contributed by atoms with Gasteiger partial charge in [0.15, 0.2) is 0 Å². The number of rotatable bonds is 4. The van der Waals surface area contributed by atoms with E-state index in [-0.39, 0.29) is 0 Å². The van der Waals surface area contributed by atoms with Crippen LogP contribution < -0.4 is 0 Å². The zero-order chi connectivity index (χ0) is 20.1. The number of aromatic nitrogens is 3. The van der Waals surface area contributed by atoms with Gasteiger partial charge < -0.3 is 9.72 Å². The largest absolute Gasteiger partial charge is 0.366 e. The summed E-state index contributed by atoms with van der Waals surface area (Å²) >= 11 is 2.30. The van der Waals surface area contributed by atoms with Gasteiger partial charge in [0.2, 0.25) is 0 Å². The summed E-state index contributed by atoms with van der Waals surface area (Å²) in [6.45, 7) is 6.29. The van der Waals surface area contributed by atoms with Crippen molar-refractivity contribution in [3.63, 3.8) is 0 Å². The van der Waals surface area contributed by atoms with E-state index in [0.29, 0.717) is 5.56 Å². The normalized spacial score (nSPS) is 13.7. The van der Waals surface area contributed by atoms with E-state index in [2.05, 4.69) is 68.4 Å². The summed E-state index contributed by atoms with van der Waals surface area (Å²) in [5.41, 5.74) is 6.16. The molecule has 0 spiro atoms. The molecule has 0 aliphatic heterocycles. The third kappa shape index (κ3) is 2.82. The van der Waals surface area contributed by atoms with Crippen LogP contribution in [-0.2, 0) is 10.3 Å². The molecule has 0 aliphatic carbocycles. The number of halogens is 1. The monoisotopic (exact) mass is 502 g/mol. The zero-order valence-electron chi connectivity index (χ0n) is 16.0. The molecule has 142 valence electrons. The van der Waals surface area contributed by atoms with Crippen LogP contribution in [0.1, 0.15) is 35.0 Å². The molecule has 0 fully saturated rings. The fourth-order valence-electron chi connectivity index (χ4n) is 3.99. The number of methoxy groups -OCH3 is 1. The van der Waals surface area contributed by atoms with Gasteiger partial charge in [0, 0.05) is 54.6 Å². The van der Waals surface area contributed by atoms with E-state index in [1.165, 1.54) is 11.1 Å². The molecule has 7 heteroatoms. The summed E-state index contributed by atoms with van der Waals surface area (Å²) in [6, 6.07) is 12.0. The van der Waals surface area contributed by atoms with Crippen molar-refractivity contribution in [1.82, 2.24) is 13.9 Å². The van der Waals surface area contributed by atoms with Crippen molar-refractivity contribution < 1.29 is 4.74 Å². The molecule has 2 heterocycles. The average Bonchev–Trinajstić information content (AvgIpc) is 3.31. The third-order valence-corrected chi connectivity index (χ3v) is 7.07. The van der Waals surface area contributed by atoms with Gasteiger partial charge in [-0.2, -0.15) is 5.26 Å². The first-order chi connectivity index (χ1) is 13.4. The summed E-state index contributed by atoms with van der Waals surface area (Å²) < 4.78 is 8.26. The van der Waals surface area contributed by atoms with Gasteiger partial charge in [0.05, 0.1) is 28.2 Å². The molecule has 0 saturated heterocycles. The second-order valence-electron chi connectivity index (χ2n) is 7.02. The van der Waals surface area contributed by atoms with Crippen molar-refractivity contribution >= 4 is 52.3 Å². The molecule has 1 N–H and O–H groups in total. The van der Waals surface area contributed by atoms with Crippen LogP contribution in [0.5, 0.6) is 0 Å². The second-order valence-corrected chi connectivity index (χ2v) is 8.74. The summed E-state index contributed by atoms with van der Waals surface area (Å²) in [7, 11) is 3.36. The minimum Gasteiger partial charge on any atom is -0.366 e. The van der Waals surface area contributed by atoms with Crippen LogP contribution in [0.4, 0.5) is 0 Å². The number of nitrogens with zero attached hydrogens (tertiary/aromatic N) is 3. The Hall–Kier alpha value is -2.02. The first kappa shape index (κ1) is 19.3. The van der Waals surface area contributed by atoms with Crippen molar-refractivity contribution in [1.29, 1.82) is 5.26 Å². The Morgan fingerprint density at radius 2 is 2.04 bits per heavy atom. The maximum Gasteiger partial charge on any atom is 0.148 e. The number of H-pyrrole nitrogens is 1. The lowest BCUT2D eigenvalue weighted by Gasteiger charge is -2.29. The van der Waals surface area contributed by atoms with Crippen molar-refractivity contribution in [2.24, 2.45) is 0 Å². The standard InChI is InChI=1S/C21H19IN4OS/c1-12-9-13(2)19-15(7-8-26(19)28-22)18(12)21(3,27-4)20-24-16-6-5-14(11-23)10-17(16)25-20/h5-10H,1-4H3,(H,24,25). The Morgan fingerprint density at radius 3 is 2.71 bits per heavy atom. The van der Waals surface area contributed by atoms with Crippen LogP contribution in [0.25, 0.3) is 21.9 Å². The number of hydrogen-bond acceptors (Lipinski definition) is 4. The molecule has 2 aromatic carbocycles. The number of nitriles is 1. The van der Waals surface area contributed by atoms with Gasteiger partial charge in [-0.15, -0.1) is 0 Å². The van der Waals surface area contributed by atoms with Crippen LogP contribution >= 0.6 is 30.3 Å². The smallest absolute Gasteiger partial charge is 0.148 e. The molecule has 0 aliphatic rings. The highest BCUT2D eigenvalue weighted by atomic mass is 127. The Labute approximate surface area is 179 Å². The van der Waals surface area contributed by atoms with Gasteiger partial charge in [-0.1, -0.05) is 6.07 Å². The lowest BCUT2D eigenvalue weighted by molar-refractivity contribution is 0.0331. The molecule has 4 rings (SSSR count). The maximum atomic E-state index is 9.18. The Morgan fingerprint density at radius 1 is 1.25 bits per heavy atom. The molecule has 0 bridgehead atoms. The van der Waals surface area contributed by atoms with Crippen molar-refractivity contribution in [3.05, 3.63) is 64.6 Å². The topological polar surface area (TPSA) is 66.6 Å². The minimum absolute atomic E-state index is 0.604. The highest BCUT2D eigenvalue weighted by Crippen LogP contribution is 2.41. The SMILES string of the molecule is COC(C)(c1nc2ccc(C#N)cc2[nH]1)c1c(C)cc(C)c2c1ccn2SI. The Bertz CT molecular complexity index is 1250. The van der Waals surface area contributed by atoms with E-state index in [0.717, 1.165) is 33.4 Å². The molecular weight excluding hydrogens is 483 g/mol. The third-order valence-electron chi connectivity index (χ3n) is 5.34.